The van der Waals surface area contributed by atoms with Gasteiger partial charge in [-0.3, -0.25) is 9.59 Å². The summed E-state index contributed by atoms with van der Waals surface area (Å²) in [5.74, 6) is -0.0823. The first-order valence-corrected chi connectivity index (χ1v) is 14.2. The van der Waals surface area contributed by atoms with Crippen LogP contribution in [0.1, 0.15) is 26.3 Å². The fraction of sp³-hybridized carbons (Fsp3) is 0.500. The summed E-state index contributed by atoms with van der Waals surface area (Å²) in [6.07, 6.45) is 2.40. The molecule has 2 atom stereocenters. The van der Waals surface area contributed by atoms with Crippen LogP contribution in [0.15, 0.2) is 41.0 Å². The molecule has 4 rings (SSSR count). The third-order valence-electron chi connectivity index (χ3n) is 7.22. The van der Waals surface area contributed by atoms with Crippen LogP contribution in [0.5, 0.6) is 0 Å². The number of rotatable bonds is 5. The number of nitrogens with zero attached hydrogens (tertiary/aromatic N) is 3. The van der Waals surface area contributed by atoms with Crippen molar-refractivity contribution in [3.05, 3.63) is 46.5 Å². The summed E-state index contributed by atoms with van der Waals surface area (Å²) >= 11 is 0. The van der Waals surface area contributed by atoms with E-state index in [9.17, 15) is 22.8 Å². The summed E-state index contributed by atoms with van der Waals surface area (Å²) in [6, 6.07) is 5.05. The van der Waals surface area contributed by atoms with Crippen molar-refractivity contribution >= 4 is 39.3 Å². The van der Waals surface area contributed by atoms with Gasteiger partial charge >= 0.3 is 6.09 Å². The highest BCUT2D eigenvalue weighted by atomic mass is 32.2. The fourth-order valence-electron chi connectivity index (χ4n) is 5.02. The molecule has 3 aliphatic heterocycles. The molecular formula is C26H36N6O6S. The number of nitrogens with two attached hydrogens (primary N) is 2. The molecule has 1 aromatic rings. The van der Waals surface area contributed by atoms with Crippen molar-refractivity contribution in [3.8, 4) is 0 Å². The van der Waals surface area contributed by atoms with Crippen molar-refractivity contribution in [2.75, 3.05) is 50.8 Å². The minimum atomic E-state index is -3.86. The van der Waals surface area contributed by atoms with E-state index in [1.807, 2.05) is 0 Å². The van der Waals surface area contributed by atoms with E-state index in [0.29, 0.717) is 48.7 Å². The Bertz CT molecular complexity index is 1330. The van der Waals surface area contributed by atoms with Gasteiger partial charge in [0, 0.05) is 79.5 Å². The Balaban J connectivity index is 1.32. The number of amides is 3. The number of nitrogens with one attached hydrogen (secondary N) is 1. The van der Waals surface area contributed by atoms with Gasteiger partial charge in [-0.2, -0.15) is 0 Å². The topological polar surface area (TPSA) is 168 Å². The van der Waals surface area contributed by atoms with Crippen LogP contribution < -0.4 is 16.2 Å². The molecule has 0 radical (unpaired) electrons. The maximum atomic E-state index is 13.1. The Hall–Kier alpha value is -3.58. The number of carbonyl (C=O) groups excluding carboxylic acids is 3. The number of likely N-dealkylation sites (tertiary alicyclic amines) is 2. The molecule has 0 bridgehead atoms. The highest BCUT2D eigenvalue weighted by Crippen LogP contribution is 2.33. The van der Waals surface area contributed by atoms with Gasteiger partial charge in [0.2, 0.25) is 5.91 Å². The maximum Gasteiger partial charge on any atom is 0.410 e. The molecule has 39 heavy (non-hydrogen) atoms. The van der Waals surface area contributed by atoms with Crippen molar-refractivity contribution in [1.29, 1.82) is 0 Å². The number of fused-ring (bicyclic) bond motifs is 1. The number of allylic oxidation sites excluding steroid dienone is 2. The third kappa shape index (κ3) is 6.36. The zero-order valence-electron chi connectivity index (χ0n) is 22.6. The van der Waals surface area contributed by atoms with E-state index in [2.05, 4.69) is 5.32 Å². The van der Waals surface area contributed by atoms with Crippen LogP contribution in [-0.4, -0.2) is 80.8 Å². The van der Waals surface area contributed by atoms with Crippen molar-refractivity contribution in [2.24, 2.45) is 22.4 Å². The zero-order valence-corrected chi connectivity index (χ0v) is 23.5. The lowest BCUT2D eigenvalue weighted by Crippen LogP contribution is -2.39. The fourth-order valence-corrected chi connectivity index (χ4v) is 5.78. The Morgan fingerprint density at radius 3 is 2.23 bits per heavy atom. The van der Waals surface area contributed by atoms with Crippen LogP contribution in [0.3, 0.4) is 0 Å². The molecule has 2 fully saturated rings. The monoisotopic (exact) mass is 560 g/mol. The van der Waals surface area contributed by atoms with Gasteiger partial charge in [-0.05, 0) is 24.3 Å². The van der Waals surface area contributed by atoms with E-state index >= 15 is 0 Å². The minimum absolute atomic E-state index is 0.0228. The molecule has 13 heteroatoms. The molecule has 0 aromatic heterocycles. The summed E-state index contributed by atoms with van der Waals surface area (Å²) < 4.78 is 28.9. The average molecular weight is 561 g/mol. The first kappa shape index (κ1) is 28.4. The van der Waals surface area contributed by atoms with Crippen molar-refractivity contribution in [2.45, 2.75) is 27.4 Å². The van der Waals surface area contributed by atoms with E-state index < -0.39 is 21.5 Å². The molecule has 3 aliphatic rings. The van der Waals surface area contributed by atoms with E-state index in [-0.39, 0.29) is 41.8 Å². The van der Waals surface area contributed by atoms with E-state index in [0.717, 1.165) is 0 Å². The maximum absolute atomic E-state index is 13.1. The molecule has 0 spiro atoms. The van der Waals surface area contributed by atoms with E-state index in [1.54, 1.807) is 55.8 Å². The smallest absolute Gasteiger partial charge is 0.410 e. The first-order valence-electron chi connectivity index (χ1n) is 12.7. The third-order valence-corrected chi connectivity index (χ3v) is 8.25. The second kappa shape index (κ2) is 10.5. The number of benzene rings is 1. The van der Waals surface area contributed by atoms with Gasteiger partial charge in [0.25, 0.3) is 15.9 Å². The molecular weight excluding hydrogens is 524 g/mol. The Labute approximate surface area is 228 Å². The summed E-state index contributed by atoms with van der Waals surface area (Å²) in [4.78, 5) is 43.2. The number of hydrogen-bond donors (Lipinski definition) is 3. The number of anilines is 2. The number of sulfonamides is 1. The van der Waals surface area contributed by atoms with Gasteiger partial charge in [-0.25, -0.2) is 18.4 Å². The van der Waals surface area contributed by atoms with Crippen LogP contribution in [0.25, 0.3) is 0 Å². The zero-order chi connectivity index (χ0) is 28.7. The second-order valence-corrected chi connectivity index (χ2v) is 12.9. The molecule has 0 aliphatic carbocycles. The first-order chi connectivity index (χ1) is 18.1. The van der Waals surface area contributed by atoms with Gasteiger partial charge in [-0.15, -0.1) is 0 Å². The predicted molar refractivity (Wildman–Crippen MR) is 146 cm³/mol. The predicted octanol–water partition coefficient (Wildman–Crippen LogP) is 1.28. The number of hydrogen-bond acceptors (Lipinski definition) is 8. The lowest BCUT2D eigenvalue weighted by atomic mass is 9.95. The van der Waals surface area contributed by atoms with Gasteiger partial charge in [0.1, 0.15) is 11.6 Å². The van der Waals surface area contributed by atoms with Crippen molar-refractivity contribution in [3.63, 3.8) is 0 Å². The molecule has 12 nitrogen and oxygen atoms in total. The molecule has 3 amide bonds. The Morgan fingerprint density at radius 1 is 1.05 bits per heavy atom. The van der Waals surface area contributed by atoms with Crippen molar-refractivity contribution < 1.29 is 27.5 Å². The van der Waals surface area contributed by atoms with Crippen LogP contribution in [0.2, 0.25) is 0 Å². The summed E-state index contributed by atoms with van der Waals surface area (Å²) in [5.41, 5.74) is 7.40. The SMILES string of the molecule is CN1CC(C(=O)N2CC3CN(C(=O)OCc4ccc(N)cc4NC(=O)C(C)(C)C)C[C@@H]3C2)=CC=C1S(N)(=O)=O. The van der Waals surface area contributed by atoms with Crippen LogP contribution in [0, 0.1) is 17.3 Å². The lowest BCUT2D eigenvalue weighted by molar-refractivity contribution is -0.126. The standard InChI is InChI=1S/C26H36N6O6S/c1-26(2,3)24(34)29-21-9-20(27)7-5-17(21)15-38-25(35)32-13-18-11-31(12-19(18)14-32)23(33)16-6-8-22(30(4)10-16)39(28,36)37/h5-9,18-19H,10-15,27H2,1-4H3,(H,29,34)(H2,28,36,37)/t18-,19?/m0/s1. The number of carbonyl (C=O) groups is 3. The molecule has 1 unspecified atom stereocenters. The van der Waals surface area contributed by atoms with Crippen LogP contribution in [-0.2, 0) is 31.0 Å². The normalized spacial score (nSPS) is 21.3. The molecule has 212 valence electrons. The van der Waals surface area contributed by atoms with Gasteiger partial charge in [-0.1, -0.05) is 26.8 Å². The van der Waals surface area contributed by atoms with E-state index in [1.165, 1.54) is 17.1 Å². The summed E-state index contributed by atoms with van der Waals surface area (Å²) in [7, 11) is -2.29. The largest absolute Gasteiger partial charge is 0.444 e. The highest BCUT2D eigenvalue weighted by Gasteiger charge is 2.44. The van der Waals surface area contributed by atoms with Gasteiger partial charge in [0.05, 0.1) is 0 Å². The molecule has 5 N–H and O–H groups in total. The van der Waals surface area contributed by atoms with E-state index in [4.69, 9.17) is 15.6 Å². The molecule has 1 aromatic carbocycles. The highest BCUT2D eigenvalue weighted by molar-refractivity contribution is 7.93. The number of primary sulfonamides is 1. The summed E-state index contributed by atoms with van der Waals surface area (Å²) in [5, 5.41) is 8.05. The minimum Gasteiger partial charge on any atom is -0.444 e. The average Bonchev–Trinajstić information content (AvgIpc) is 3.41. The summed E-state index contributed by atoms with van der Waals surface area (Å²) in [6.45, 7) is 7.48. The quantitative estimate of drug-likeness (QED) is 0.453. The molecule has 3 heterocycles. The van der Waals surface area contributed by atoms with Gasteiger partial charge < -0.3 is 30.5 Å². The molecule has 2 saturated heterocycles. The number of likely N-dealkylation sites (N-methyl/N-ethyl adjacent to an activating group) is 1. The van der Waals surface area contributed by atoms with Gasteiger partial charge in [0.15, 0.2) is 0 Å². The number of ether oxygens (including phenoxy) is 1. The van der Waals surface area contributed by atoms with Crippen LogP contribution in [0.4, 0.5) is 16.2 Å². The Kier molecular flexibility index (Phi) is 7.68. The van der Waals surface area contributed by atoms with Crippen molar-refractivity contribution in [1.82, 2.24) is 14.7 Å². The van der Waals surface area contributed by atoms with Crippen LogP contribution >= 0.6 is 0 Å². The Morgan fingerprint density at radius 2 is 1.67 bits per heavy atom. The molecule has 0 saturated carbocycles. The second-order valence-electron chi connectivity index (χ2n) is 11.4. The lowest BCUT2D eigenvalue weighted by Gasteiger charge is -2.28. The number of nitrogen functional groups attached to an aromatic ring is 1.